The smallest absolute Gasteiger partial charge is 0.331 e. The van der Waals surface area contributed by atoms with Crippen LogP contribution in [0.5, 0.6) is 0 Å². The van der Waals surface area contributed by atoms with Crippen LogP contribution in [0.2, 0.25) is 0 Å². The zero-order chi connectivity index (χ0) is 15.3. The number of esters is 1. The molecule has 0 saturated heterocycles. The third-order valence-corrected chi connectivity index (χ3v) is 3.86. The first-order valence-electron chi connectivity index (χ1n) is 6.48. The molecule has 0 aliphatic heterocycles. The van der Waals surface area contributed by atoms with E-state index in [9.17, 15) is 4.79 Å². The monoisotopic (exact) mass is 323 g/mol. The summed E-state index contributed by atoms with van der Waals surface area (Å²) in [6.45, 7) is 5.53. The van der Waals surface area contributed by atoms with Gasteiger partial charge in [-0.15, -0.1) is 22.7 Å². The molecule has 1 atom stereocenters. The Morgan fingerprint density at radius 1 is 1.33 bits per heavy atom. The molecule has 2 rings (SSSR count). The van der Waals surface area contributed by atoms with Gasteiger partial charge >= 0.3 is 5.97 Å². The van der Waals surface area contributed by atoms with Crippen molar-refractivity contribution < 1.29 is 9.53 Å². The molecular weight excluding hydrogens is 306 g/mol. The van der Waals surface area contributed by atoms with Crippen LogP contribution < -0.4 is 0 Å². The number of aliphatic imine (C=N–C) groups is 1. The Bertz CT molecular complexity index is 586. The molecule has 0 aliphatic rings. The molecule has 0 saturated carbocycles. The highest BCUT2D eigenvalue weighted by atomic mass is 32.1. The minimum Gasteiger partial charge on any atom is -0.458 e. The maximum atomic E-state index is 12.3. The minimum absolute atomic E-state index is 0.342. The lowest BCUT2D eigenvalue weighted by atomic mass is 10.1. The number of aromatic nitrogens is 2. The highest BCUT2D eigenvalue weighted by Gasteiger charge is 2.25. The fourth-order valence-electron chi connectivity index (χ4n) is 1.54. The van der Waals surface area contributed by atoms with Crippen molar-refractivity contribution in [2.24, 2.45) is 4.99 Å². The Hall–Kier alpha value is -1.60. The van der Waals surface area contributed by atoms with Gasteiger partial charge in [-0.25, -0.2) is 14.8 Å². The van der Waals surface area contributed by atoms with Gasteiger partial charge in [0, 0.05) is 29.6 Å². The number of hydrogen-bond donors (Lipinski definition) is 0. The van der Waals surface area contributed by atoms with E-state index in [0.717, 1.165) is 10.0 Å². The second-order valence-electron chi connectivity index (χ2n) is 5.33. The van der Waals surface area contributed by atoms with Crippen LogP contribution in [0.3, 0.4) is 0 Å². The summed E-state index contributed by atoms with van der Waals surface area (Å²) in [6.07, 6.45) is 5.48. The van der Waals surface area contributed by atoms with Gasteiger partial charge in [0.2, 0.25) is 0 Å². The third-order valence-electron chi connectivity index (χ3n) is 2.35. The number of rotatable bonds is 5. The molecule has 0 spiro atoms. The van der Waals surface area contributed by atoms with E-state index in [1.54, 1.807) is 18.6 Å². The fraction of sp³-hybridized carbons (Fsp3) is 0.429. The largest absolute Gasteiger partial charge is 0.458 e. The Balaban J connectivity index is 2.11. The van der Waals surface area contributed by atoms with Crippen molar-refractivity contribution in [3.8, 4) is 0 Å². The van der Waals surface area contributed by atoms with Gasteiger partial charge < -0.3 is 4.74 Å². The average molecular weight is 323 g/mol. The van der Waals surface area contributed by atoms with E-state index in [4.69, 9.17) is 4.74 Å². The van der Waals surface area contributed by atoms with Crippen LogP contribution in [-0.4, -0.2) is 33.8 Å². The van der Waals surface area contributed by atoms with Crippen LogP contribution in [0.25, 0.3) is 0 Å². The molecule has 7 heteroatoms. The summed E-state index contributed by atoms with van der Waals surface area (Å²) in [4.78, 5) is 24.9. The van der Waals surface area contributed by atoms with E-state index in [2.05, 4.69) is 15.0 Å². The number of ether oxygens (including phenoxy) is 1. The lowest BCUT2D eigenvalue weighted by Gasteiger charge is -2.21. The fourth-order valence-corrected chi connectivity index (χ4v) is 2.70. The standard InChI is InChI=1S/C14H17N3O2S2/c1-14(2,3)19-13(18)10(8-11-15-4-6-20-11)17-9-12-16-5-7-21-12/h4-7,9-10H,8H2,1-3H3. The van der Waals surface area contributed by atoms with Gasteiger partial charge in [0.1, 0.15) is 10.6 Å². The van der Waals surface area contributed by atoms with E-state index in [1.165, 1.54) is 22.7 Å². The second-order valence-corrected chi connectivity index (χ2v) is 7.23. The van der Waals surface area contributed by atoms with Crippen molar-refractivity contribution in [2.45, 2.75) is 38.8 Å². The van der Waals surface area contributed by atoms with Crippen LogP contribution in [0, 0.1) is 0 Å². The molecule has 0 aromatic carbocycles. The quantitative estimate of drug-likeness (QED) is 0.627. The number of nitrogens with zero attached hydrogens (tertiary/aromatic N) is 3. The molecule has 0 N–H and O–H groups in total. The number of thiazole rings is 2. The van der Waals surface area contributed by atoms with Crippen LogP contribution in [0.1, 0.15) is 30.8 Å². The molecule has 0 aliphatic carbocycles. The minimum atomic E-state index is -0.598. The number of carbonyl (C=O) groups is 1. The second kappa shape index (κ2) is 6.91. The van der Waals surface area contributed by atoms with Crippen molar-refractivity contribution in [2.75, 3.05) is 0 Å². The van der Waals surface area contributed by atoms with Crippen molar-refractivity contribution in [3.63, 3.8) is 0 Å². The molecule has 0 bridgehead atoms. The van der Waals surface area contributed by atoms with Crippen LogP contribution in [-0.2, 0) is 16.0 Å². The average Bonchev–Trinajstić information content (AvgIpc) is 3.05. The molecule has 2 aromatic rings. The van der Waals surface area contributed by atoms with Crippen LogP contribution >= 0.6 is 22.7 Å². The first kappa shape index (κ1) is 15.8. The van der Waals surface area contributed by atoms with E-state index in [1.807, 2.05) is 31.5 Å². The van der Waals surface area contributed by atoms with Crippen LogP contribution in [0.15, 0.2) is 28.1 Å². The Morgan fingerprint density at radius 3 is 2.62 bits per heavy atom. The SMILES string of the molecule is CC(C)(C)OC(=O)C(Cc1nccs1)N=Cc1nccs1. The maximum absolute atomic E-state index is 12.3. The zero-order valence-electron chi connectivity index (χ0n) is 12.1. The summed E-state index contributed by atoms with van der Waals surface area (Å²) < 4.78 is 5.43. The van der Waals surface area contributed by atoms with Gasteiger partial charge in [0.15, 0.2) is 6.04 Å². The van der Waals surface area contributed by atoms with Crippen molar-refractivity contribution >= 4 is 34.9 Å². The van der Waals surface area contributed by atoms with Crippen molar-refractivity contribution in [1.29, 1.82) is 0 Å². The molecule has 0 fully saturated rings. The van der Waals surface area contributed by atoms with E-state index >= 15 is 0 Å². The summed E-state index contributed by atoms with van der Waals surface area (Å²) in [5.41, 5.74) is -0.533. The molecule has 21 heavy (non-hydrogen) atoms. The maximum Gasteiger partial charge on any atom is 0.331 e. The van der Waals surface area contributed by atoms with Gasteiger partial charge in [-0.1, -0.05) is 0 Å². The lowest BCUT2D eigenvalue weighted by Crippen LogP contribution is -2.32. The Labute approximate surface area is 131 Å². The van der Waals surface area contributed by atoms with E-state index in [0.29, 0.717) is 6.42 Å². The van der Waals surface area contributed by atoms with Gasteiger partial charge in [0.25, 0.3) is 0 Å². The number of hydrogen-bond acceptors (Lipinski definition) is 7. The summed E-state index contributed by atoms with van der Waals surface area (Å²) in [5, 5.41) is 5.38. The molecule has 2 aromatic heterocycles. The predicted octanol–water partition coefficient (Wildman–Crippen LogP) is 2.97. The summed E-state index contributed by atoms with van der Waals surface area (Å²) in [7, 11) is 0. The summed E-state index contributed by atoms with van der Waals surface area (Å²) in [6, 6.07) is -0.598. The first-order chi connectivity index (χ1) is 9.94. The van der Waals surface area contributed by atoms with E-state index < -0.39 is 11.6 Å². The predicted molar refractivity (Wildman–Crippen MR) is 85.2 cm³/mol. The Kier molecular flexibility index (Phi) is 5.19. The first-order valence-corrected chi connectivity index (χ1v) is 8.24. The highest BCUT2D eigenvalue weighted by Crippen LogP contribution is 2.15. The molecule has 0 radical (unpaired) electrons. The third kappa shape index (κ3) is 5.35. The topological polar surface area (TPSA) is 64.4 Å². The Morgan fingerprint density at radius 2 is 2.05 bits per heavy atom. The highest BCUT2D eigenvalue weighted by molar-refractivity contribution is 7.11. The normalized spacial score (nSPS) is 13.5. The summed E-state index contributed by atoms with van der Waals surface area (Å²) >= 11 is 2.98. The van der Waals surface area contributed by atoms with Gasteiger partial charge in [0.05, 0.1) is 11.2 Å². The molecule has 0 amide bonds. The zero-order valence-corrected chi connectivity index (χ0v) is 13.8. The summed E-state index contributed by atoms with van der Waals surface area (Å²) in [5.74, 6) is -0.342. The van der Waals surface area contributed by atoms with Crippen LogP contribution in [0.4, 0.5) is 0 Å². The van der Waals surface area contributed by atoms with Gasteiger partial charge in [-0.05, 0) is 20.8 Å². The molecular formula is C14H17N3O2S2. The van der Waals surface area contributed by atoms with Gasteiger partial charge in [-0.3, -0.25) is 4.99 Å². The van der Waals surface area contributed by atoms with E-state index in [-0.39, 0.29) is 5.97 Å². The number of carbonyl (C=O) groups excluding carboxylic acids is 1. The molecule has 2 heterocycles. The van der Waals surface area contributed by atoms with Crippen molar-refractivity contribution in [1.82, 2.24) is 9.97 Å². The molecule has 1 unspecified atom stereocenters. The molecule has 5 nitrogen and oxygen atoms in total. The molecule has 112 valence electrons. The van der Waals surface area contributed by atoms with Gasteiger partial charge in [-0.2, -0.15) is 0 Å². The van der Waals surface area contributed by atoms with Crippen molar-refractivity contribution in [3.05, 3.63) is 33.2 Å². The lowest BCUT2D eigenvalue weighted by molar-refractivity contribution is -0.156.